The van der Waals surface area contributed by atoms with E-state index in [1.807, 2.05) is 24.7 Å². The smallest absolute Gasteiger partial charge is 0.141 e. The van der Waals surface area contributed by atoms with E-state index in [0.29, 0.717) is 0 Å². The molecule has 2 N–H and O–H groups in total. The highest BCUT2D eigenvalue weighted by Crippen LogP contribution is 2.05. The summed E-state index contributed by atoms with van der Waals surface area (Å²) in [5.74, 6) is 0.845. The van der Waals surface area contributed by atoms with Crippen LogP contribution in [-0.2, 0) is 13.6 Å². The molecule has 0 saturated heterocycles. The van der Waals surface area contributed by atoms with Crippen molar-refractivity contribution in [1.82, 2.24) is 30.0 Å². The molecule has 0 aliphatic rings. The van der Waals surface area contributed by atoms with E-state index in [1.165, 1.54) is 6.33 Å². The maximum absolute atomic E-state index is 4.09. The summed E-state index contributed by atoms with van der Waals surface area (Å²) in [4.78, 5) is 8.14. The molecular formula is C9H14N6. The van der Waals surface area contributed by atoms with Crippen molar-refractivity contribution in [2.45, 2.75) is 19.5 Å². The lowest BCUT2D eigenvalue weighted by molar-refractivity contribution is 0.534. The van der Waals surface area contributed by atoms with Crippen LogP contribution in [0.25, 0.3) is 0 Å². The van der Waals surface area contributed by atoms with E-state index >= 15 is 0 Å². The molecule has 0 aromatic carbocycles. The van der Waals surface area contributed by atoms with Gasteiger partial charge in [0.25, 0.3) is 0 Å². The molecule has 2 aromatic rings. The Bertz CT molecular complexity index is 404. The number of aromatic amines is 1. The van der Waals surface area contributed by atoms with Crippen molar-refractivity contribution in [2.75, 3.05) is 0 Å². The van der Waals surface area contributed by atoms with Crippen LogP contribution in [0.1, 0.15) is 24.5 Å². The molecule has 1 unspecified atom stereocenters. The van der Waals surface area contributed by atoms with Crippen molar-refractivity contribution in [2.24, 2.45) is 7.05 Å². The van der Waals surface area contributed by atoms with Crippen molar-refractivity contribution in [3.8, 4) is 0 Å². The second-order valence-corrected chi connectivity index (χ2v) is 3.47. The Labute approximate surface area is 87.8 Å². The fourth-order valence-electron chi connectivity index (χ4n) is 1.33. The number of aryl methyl sites for hydroxylation is 1. The Morgan fingerprint density at radius 2 is 2.47 bits per heavy atom. The molecule has 6 heteroatoms. The Hall–Kier alpha value is -1.69. The van der Waals surface area contributed by atoms with Crippen molar-refractivity contribution >= 4 is 0 Å². The van der Waals surface area contributed by atoms with E-state index < -0.39 is 0 Å². The van der Waals surface area contributed by atoms with Crippen LogP contribution in [0, 0.1) is 0 Å². The molecule has 0 aliphatic heterocycles. The van der Waals surface area contributed by atoms with E-state index in [4.69, 9.17) is 0 Å². The highest BCUT2D eigenvalue weighted by Gasteiger charge is 2.08. The van der Waals surface area contributed by atoms with Gasteiger partial charge < -0.3 is 9.88 Å². The van der Waals surface area contributed by atoms with E-state index in [0.717, 1.165) is 18.1 Å². The first-order valence-electron chi connectivity index (χ1n) is 4.81. The van der Waals surface area contributed by atoms with Crippen LogP contribution in [0.15, 0.2) is 18.9 Å². The van der Waals surface area contributed by atoms with Gasteiger partial charge in [-0.3, -0.25) is 5.10 Å². The standard InChI is InChI=1S/C9H14N6/c1-7(9-12-5-13-14-9)11-4-8-3-10-6-15(8)2/h3,5-7,11H,4H2,1-2H3,(H,12,13,14). The number of hydrogen-bond acceptors (Lipinski definition) is 4. The largest absolute Gasteiger partial charge is 0.337 e. The quantitative estimate of drug-likeness (QED) is 0.759. The Kier molecular flexibility index (Phi) is 2.77. The van der Waals surface area contributed by atoms with Gasteiger partial charge in [0.1, 0.15) is 12.2 Å². The van der Waals surface area contributed by atoms with Crippen molar-refractivity contribution < 1.29 is 0 Å². The van der Waals surface area contributed by atoms with Gasteiger partial charge in [0.15, 0.2) is 0 Å². The van der Waals surface area contributed by atoms with Gasteiger partial charge >= 0.3 is 0 Å². The number of rotatable bonds is 4. The molecule has 0 spiro atoms. The summed E-state index contributed by atoms with van der Waals surface area (Å²) < 4.78 is 1.99. The molecule has 0 aliphatic carbocycles. The van der Waals surface area contributed by atoms with Gasteiger partial charge in [-0.05, 0) is 6.92 Å². The average Bonchev–Trinajstić information content (AvgIpc) is 2.85. The van der Waals surface area contributed by atoms with Gasteiger partial charge in [0, 0.05) is 19.8 Å². The molecule has 2 aromatic heterocycles. The zero-order chi connectivity index (χ0) is 10.7. The number of H-pyrrole nitrogens is 1. The second kappa shape index (κ2) is 4.22. The van der Waals surface area contributed by atoms with Crippen LogP contribution in [-0.4, -0.2) is 24.7 Å². The molecule has 15 heavy (non-hydrogen) atoms. The topological polar surface area (TPSA) is 71.4 Å². The number of imidazole rings is 1. The van der Waals surface area contributed by atoms with Gasteiger partial charge in [-0.1, -0.05) is 0 Å². The van der Waals surface area contributed by atoms with E-state index in [9.17, 15) is 0 Å². The maximum Gasteiger partial charge on any atom is 0.141 e. The van der Waals surface area contributed by atoms with E-state index in [1.54, 1.807) is 6.33 Å². The lowest BCUT2D eigenvalue weighted by Gasteiger charge is -2.10. The summed E-state index contributed by atoms with van der Waals surface area (Å²) >= 11 is 0. The normalized spacial score (nSPS) is 12.9. The minimum Gasteiger partial charge on any atom is -0.337 e. The zero-order valence-corrected chi connectivity index (χ0v) is 8.81. The third kappa shape index (κ3) is 2.21. The first-order chi connectivity index (χ1) is 7.27. The van der Waals surface area contributed by atoms with Crippen molar-refractivity contribution in [3.63, 3.8) is 0 Å². The lowest BCUT2D eigenvalue weighted by atomic mass is 10.3. The Morgan fingerprint density at radius 3 is 3.07 bits per heavy atom. The number of aromatic nitrogens is 5. The van der Waals surface area contributed by atoms with Crippen LogP contribution < -0.4 is 5.32 Å². The van der Waals surface area contributed by atoms with Crippen molar-refractivity contribution in [3.05, 3.63) is 30.4 Å². The monoisotopic (exact) mass is 206 g/mol. The fraction of sp³-hybridized carbons (Fsp3) is 0.444. The zero-order valence-electron chi connectivity index (χ0n) is 8.81. The molecule has 0 bridgehead atoms. The summed E-state index contributed by atoms with van der Waals surface area (Å²) in [6.45, 7) is 2.80. The second-order valence-electron chi connectivity index (χ2n) is 3.47. The lowest BCUT2D eigenvalue weighted by Crippen LogP contribution is -2.20. The molecule has 0 fully saturated rings. The molecule has 2 rings (SSSR count). The van der Waals surface area contributed by atoms with E-state index in [2.05, 4.69) is 25.5 Å². The van der Waals surface area contributed by atoms with Crippen LogP contribution in [0.2, 0.25) is 0 Å². The molecule has 0 saturated carbocycles. The predicted molar refractivity (Wildman–Crippen MR) is 54.8 cm³/mol. The Morgan fingerprint density at radius 1 is 1.60 bits per heavy atom. The highest BCUT2D eigenvalue weighted by molar-refractivity contribution is 4.98. The minimum absolute atomic E-state index is 0.155. The number of hydrogen-bond donors (Lipinski definition) is 2. The Balaban J connectivity index is 1.91. The molecular weight excluding hydrogens is 192 g/mol. The molecule has 6 nitrogen and oxygen atoms in total. The van der Waals surface area contributed by atoms with Gasteiger partial charge in [-0.15, -0.1) is 0 Å². The molecule has 0 amide bonds. The minimum atomic E-state index is 0.155. The van der Waals surface area contributed by atoms with Crippen LogP contribution in [0.5, 0.6) is 0 Å². The summed E-state index contributed by atoms with van der Waals surface area (Å²) in [6.07, 6.45) is 5.15. The average molecular weight is 206 g/mol. The van der Waals surface area contributed by atoms with Crippen molar-refractivity contribution in [1.29, 1.82) is 0 Å². The number of nitrogens with one attached hydrogen (secondary N) is 2. The summed E-state index contributed by atoms with van der Waals surface area (Å²) in [5.41, 5.74) is 1.14. The summed E-state index contributed by atoms with van der Waals surface area (Å²) in [7, 11) is 1.98. The molecule has 1 atom stereocenters. The third-order valence-electron chi connectivity index (χ3n) is 2.35. The van der Waals surface area contributed by atoms with Gasteiger partial charge in [0.05, 0.1) is 18.1 Å². The first-order valence-corrected chi connectivity index (χ1v) is 4.81. The van der Waals surface area contributed by atoms with Crippen LogP contribution in [0.3, 0.4) is 0 Å². The van der Waals surface area contributed by atoms with Gasteiger partial charge in [-0.25, -0.2) is 9.97 Å². The number of nitrogens with zero attached hydrogens (tertiary/aromatic N) is 4. The molecule has 0 radical (unpaired) electrons. The maximum atomic E-state index is 4.09. The highest BCUT2D eigenvalue weighted by atomic mass is 15.2. The summed E-state index contributed by atoms with van der Waals surface area (Å²) in [6, 6.07) is 0.155. The van der Waals surface area contributed by atoms with Crippen LogP contribution in [0.4, 0.5) is 0 Å². The third-order valence-corrected chi connectivity index (χ3v) is 2.35. The molecule has 2 heterocycles. The first kappa shape index (κ1) is 9.85. The van der Waals surface area contributed by atoms with Gasteiger partial charge in [0.2, 0.25) is 0 Å². The summed E-state index contributed by atoms with van der Waals surface area (Å²) in [5, 5.41) is 9.98. The predicted octanol–water partition coefficient (Wildman–Crippen LogP) is 0.389. The molecule has 80 valence electrons. The fourth-order valence-corrected chi connectivity index (χ4v) is 1.33. The van der Waals surface area contributed by atoms with E-state index in [-0.39, 0.29) is 6.04 Å². The van der Waals surface area contributed by atoms with Crippen LogP contribution >= 0.6 is 0 Å². The SMILES string of the molecule is CC(NCc1cncn1C)c1ncn[nH]1. The van der Waals surface area contributed by atoms with Gasteiger partial charge in [-0.2, -0.15) is 5.10 Å².